The Hall–Kier alpha value is -1.05. The third-order valence-electron chi connectivity index (χ3n) is 2.82. The molecule has 108 valence electrons. The summed E-state index contributed by atoms with van der Waals surface area (Å²) in [6.07, 6.45) is 1.16. The van der Waals surface area contributed by atoms with Gasteiger partial charge in [0.05, 0.1) is 4.90 Å². The lowest BCUT2D eigenvalue weighted by atomic mass is 10.0. The SMILES string of the molecule is CCC(CCO)CNS(=O)(=O)c1cc(F)cc(F)c1. The molecule has 1 aromatic carbocycles. The topological polar surface area (TPSA) is 66.4 Å². The van der Waals surface area contributed by atoms with Crippen LogP contribution in [0.3, 0.4) is 0 Å². The Bertz CT molecular complexity index is 499. The summed E-state index contributed by atoms with van der Waals surface area (Å²) < 4.78 is 52.0. The fourth-order valence-corrected chi connectivity index (χ4v) is 2.78. The highest BCUT2D eigenvalue weighted by atomic mass is 32.2. The lowest BCUT2D eigenvalue weighted by molar-refractivity contribution is 0.254. The first-order valence-electron chi connectivity index (χ1n) is 5.95. The molecule has 0 spiro atoms. The van der Waals surface area contributed by atoms with Crippen molar-refractivity contribution in [3.8, 4) is 0 Å². The van der Waals surface area contributed by atoms with Crippen LogP contribution in [0.1, 0.15) is 19.8 Å². The number of aliphatic hydroxyl groups excluding tert-OH is 1. The van der Waals surface area contributed by atoms with Gasteiger partial charge in [-0.1, -0.05) is 13.3 Å². The number of hydrogen-bond donors (Lipinski definition) is 2. The first kappa shape index (κ1) is 16.0. The number of halogens is 2. The second-order valence-electron chi connectivity index (χ2n) is 4.24. The average Bonchev–Trinajstić information content (AvgIpc) is 2.33. The van der Waals surface area contributed by atoms with Crippen LogP contribution in [0.15, 0.2) is 23.1 Å². The molecule has 0 fully saturated rings. The van der Waals surface area contributed by atoms with Crippen LogP contribution in [0.2, 0.25) is 0 Å². The van der Waals surface area contributed by atoms with E-state index in [9.17, 15) is 17.2 Å². The van der Waals surface area contributed by atoms with Gasteiger partial charge in [0.1, 0.15) is 11.6 Å². The molecule has 1 rings (SSSR count). The van der Waals surface area contributed by atoms with Crippen LogP contribution >= 0.6 is 0 Å². The summed E-state index contributed by atoms with van der Waals surface area (Å²) in [5.74, 6) is -1.90. The second kappa shape index (κ2) is 6.93. The fourth-order valence-electron chi connectivity index (χ4n) is 1.63. The van der Waals surface area contributed by atoms with Crippen LogP contribution in [-0.4, -0.2) is 26.7 Å². The number of nitrogens with one attached hydrogen (secondary N) is 1. The van der Waals surface area contributed by atoms with E-state index >= 15 is 0 Å². The molecule has 1 atom stereocenters. The predicted molar refractivity (Wildman–Crippen MR) is 67.0 cm³/mol. The van der Waals surface area contributed by atoms with Crippen LogP contribution in [0.4, 0.5) is 8.78 Å². The van der Waals surface area contributed by atoms with E-state index in [4.69, 9.17) is 5.11 Å². The minimum atomic E-state index is -3.94. The zero-order valence-electron chi connectivity index (χ0n) is 10.6. The minimum absolute atomic E-state index is 0.0156. The highest BCUT2D eigenvalue weighted by molar-refractivity contribution is 7.89. The summed E-state index contributed by atoms with van der Waals surface area (Å²) in [6, 6.07) is 2.14. The lowest BCUT2D eigenvalue weighted by Gasteiger charge is -2.14. The Morgan fingerprint density at radius 1 is 1.26 bits per heavy atom. The first-order valence-corrected chi connectivity index (χ1v) is 7.44. The van der Waals surface area contributed by atoms with Gasteiger partial charge in [-0.25, -0.2) is 21.9 Å². The third-order valence-corrected chi connectivity index (χ3v) is 4.23. The highest BCUT2D eigenvalue weighted by Crippen LogP contribution is 2.14. The van der Waals surface area contributed by atoms with E-state index in [1.54, 1.807) is 0 Å². The van der Waals surface area contributed by atoms with Gasteiger partial charge in [-0.05, 0) is 24.5 Å². The second-order valence-corrected chi connectivity index (χ2v) is 6.01. The van der Waals surface area contributed by atoms with Crippen molar-refractivity contribution in [3.05, 3.63) is 29.8 Å². The molecule has 0 heterocycles. The predicted octanol–water partition coefficient (Wildman–Crippen LogP) is 1.65. The Morgan fingerprint density at radius 2 is 1.84 bits per heavy atom. The highest BCUT2D eigenvalue weighted by Gasteiger charge is 2.18. The van der Waals surface area contributed by atoms with Crippen molar-refractivity contribution < 1.29 is 22.3 Å². The van der Waals surface area contributed by atoms with Gasteiger partial charge in [0.15, 0.2) is 0 Å². The van der Waals surface area contributed by atoms with Crippen molar-refractivity contribution in [2.45, 2.75) is 24.7 Å². The van der Waals surface area contributed by atoms with E-state index in [-0.39, 0.29) is 19.1 Å². The van der Waals surface area contributed by atoms with E-state index in [2.05, 4.69) is 4.72 Å². The quantitative estimate of drug-likeness (QED) is 0.803. The third kappa shape index (κ3) is 4.85. The monoisotopic (exact) mass is 293 g/mol. The van der Waals surface area contributed by atoms with Gasteiger partial charge in [0.2, 0.25) is 10.0 Å². The first-order chi connectivity index (χ1) is 8.89. The lowest BCUT2D eigenvalue weighted by Crippen LogP contribution is -2.29. The zero-order valence-corrected chi connectivity index (χ0v) is 11.4. The van der Waals surface area contributed by atoms with Gasteiger partial charge in [0.25, 0.3) is 0 Å². The summed E-state index contributed by atoms with van der Waals surface area (Å²) in [5, 5.41) is 8.81. The maximum Gasteiger partial charge on any atom is 0.240 e. The maximum absolute atomic E-state index is 13.0. The minimum Gasteiger partial charge on any atom is -0.396 e. The van der Waals surface area contributed by atoms with Crippen LogP contribution in [-0.2, 0) is 10.0 Å². The molecule has 0 radical (unpaired) electrons. The fraction of sp³-hybridized carbons (Fsp3) is 0.500. The molecule has 0 aliphatic rings. The molecule has 4 nitrogen and oxygen atoms in total. The van der Waals surface area contributed by atoms with Crippen molar-refractivity contribution in [2.24, 2.45) is 5.92 Å². The molecule has 0 aliphatic carbocycles. The molecule has 1 aromatic rings. The van der Waals surface area contributed by atoms with Crippen molar-refractivity contribution in [1.29, 1.82) is 0 Å². The largest absolute Gasteiger partial charge is 0.396 e. The van der Waals surface area contributed by atoms with E-state index in [1.165, 1.54) is 0 Å². The molecule has 0 saturated carbocycles. The molecular formula is C12H17F2NO3S. The normalized spacial score (nSPS) is 13.5. The number of benzene rings is 1. The molecule has 0 amide bonds. The van der Waals surface area contributed by atoms with Gasteiger partial charge in [-0.3, -0.25) is 0 Å². The zero-order chi connectivity index (χ0) is 14.5. The Morgan fingerprint density at radius 3 is 2.32 bits per heavy atom. The Labute approximate surface area is 111 Å². The van der Waals surface area contributed by atoms with E-state index in [1.807, 2.05) is 6.92 Å². The molecular weight excluding hydrogens is 276 g/mol. The van der Waals surface area contributed by atoms with Gasteiger partial charge >= 0.3 is 0 Å². The summed E-state index contributed by atoms with van der Waals surface area (Å²) >= 11 is 0. The van der Waals surface area contributed by atoms with Crippen LogP contribution in [0.25, 0.3) is 0 Å². The Balaban J connectivity index is 2.80. The molecule has 0 aromatic heterocycles. The number of sulfonamides is 1. The molecule has 7 heteroatoms. The molecule has 2 N–H and O–H groups in total. The van der Waals surface area contributed by atoms with Gasteiger partial charge in [-0.15, -0.1) is 0 Å². The maximum atomic E-state index is 13.0. The molecule has 0 saturated heterocycles. The van der Waals surface area contributed by atoms with Gasteiger partial charge < -0.3 is 5.11 Å². The van der Waals surface area contributed by atoms with E-state index < -0.39 is 26.6 Å². The standard InChI is InChI=1S/C12H17F2NO3S/c1-2-9(3-4-16)8-15-19(17,18)12-6-10(13)5-11(14)7-12/h5-7,9,15-16H,2-4,8H2,1H3. The number of aliphatic hydroxyl groups is 1. The smallest absolute Gasteiger partial charge is 0.240 e. The summed E-state index contributed by atoms with van der Waals surface area (Å²) in [4.78, 5) is -0.441. The number of rotatable bonds is 7. The summed E-state index contributed by atoms with van der Waals surface area (Å²) in [6.45, 7) is 1.96. The van der Waals surface area contributed by atoms with E-state index in [0.29, 0.717) is 18.9 Å². The average molecular weight is 293 g/mol. The molecule has 1 unspecified atom stereocenters. The number of hydrogen-bond acceptors (Lipinski definition) is 3. The van der Waals surface area contributed by atoms with Gasteiger partial charge in [-0.2, -0.15) is 0 Å². The van der Waals surface area contributed by atoms with Crippen molar-refractivity contribution >= 4 is 10.0 Å². The van der Waals surface area contributed by atoms with E-state index in [0.717, 1.165) is 12.1 Å². The van der Waals surface area contributed by atoms with Crippen molar-refractivity contribution in [3.63, 3.8) is 0 Å². The van der Waals surface area contributed by atoms with Crippen LogP contribution in [0.5, 0.6) is 0 Å². The van der Waals surface area contributed by atoms with Crippen LogP contribution < -0.4 is 4.72 Å². The summed E-state index contributed by atoms with van der Waals surface area (Å²) in [7, 11) is -3.94. The van der Waals surface area contributed by atoms with Crippen LogP contribution in [0, 0.1) is 17.6 Å². The summed E-state index contributed by atoms with van der Waals surface area (Å²) in [5.41, 5.74) is 0. The molecule has 19 heavy (non-hydrogen) atoms. The van der Waals surface area contributed by atoms with Gasteiger partial charge in [0, 0.05) is 19.2 Å². The Kier molecular flexibility index (Phi) is 5.84. The molecule has 0 aliphatic heterocycles. The molecule has 0 bridgehead atoms. The van der Waals surface area contributed by atoms with Crippen molar-refractivity contribution in [2.75, 3.05) is 13.2 Å². The van der Waals surface area contributed by atoms with Crippen molar-refractivity contribution in [1.82, 2.24) is 4.72 Å².